The number of piperidine rings is 1. The van der Waals surface area contributed by atoms with Gasteiger partial charge in [-0.3, -0.25) is 9.59 Å². The van der Waals surface area contributed by atoms with Gasteiger partial charge >= 0.3 is 0 Å². The zero-order valence-corrected chi connectivity index (χ0v) is 21.1. The zero-order chi connectivity index (χ0) is 24.9. The summed E-state index contributed by atoms with van der Waals surface area (Å²) in [6, 6.07) is 4.38. The maximum atomic E-state index is 14.0. The molecule has 3 heterocycles. The van der Waals surface area contributed by atoms with Crippen molar-refractivity contribution in [2.45, 2.75) is 52.1 Å². The number of carbonyl (C=O) groups is 2. The molecule has 0 spiro atoms. The maximum absolute atomic E-state index is 14.0. The molecule has 0 aliphatic carbocycles. The second-order valence-corrected chi connectivity index (χ2v) is 10.2. The number of nitrogens with one attached hydrogen (secondary N) is 1. The highest BCUT2D eigenvalue weighted by Crippen LogP contribution is 2.25. The first kappa shape index (κ1) is 25.6. The van der Waals surface area contributed by atoms with Gasteiger partial charge in [-0.15, -0.1) is 0 Å². The predicted octanol–water partition coefficient (Wildman–Crippen LogP) is 2.91. The molecular formula is C26H38FN5O3. The van der Waals surface area contributed by atoms with Gasteiger partial charge in [0.05, 0.1) is 17.0 Å². The van der Waals surface area contributed by atoms with E-state index in [1.54, 1.807) is 13.2 Å². The summed E-state index contributed by atoms with van der Waals surface area (Å²) < 4.78 is 21.1. The van der Waals surface area contributed by atoms with Gasteiger partial charge in [-0.2, -0.15) is 0 Å². The third-order valence-electron chi connectivity index (χ3n) is 6.99. The van der Waals surface area contributed by atoms with E-state index in [-0.39, 0.29) is 35.5 Å². The Morgan fingerprint density at radius 1 is 1.26 bits per heavy atom. The molecule has 0 bridgehead atoms. The van der Waals surface area contributed by atoms with Crippen molar-refractivity contribution < 1.29 is 18.7 Å². The summed E-state index contributed by atoms with van der Waals surface area (Å²) in [7, 11) is 1.67. The number of hydrogen-bond donors (Lipinski definition) is 1. The Morgan fingerprint density at radius 3 is 2.74 bits per heavy atom. The highest BCUT2D eigenvalue weighted by Gasteiger charge is 2.37. The van der Waals surface area contributed by atoms with Crippen LogP contribution in [0.3, 0.4) is 0 Å². The van der Waals surface area contributed by atoms with E-state index in [2.05, 4.69) is 24.1 Å². The topological polar surface area (TPSA) is 79.7 Å². The molecule has 2 atom stereocenters. The molecule has 2 aliphatic rings. The van der Waals surface area contributed by atoms with Gasteiger partial charge in [0, 0.05) is 65.1 Å². The van der Waals surface area contributed by atoms with Crippen molar-refractivity contribution in [1.82, 2.24) is 24.7 Å². The number of likely N-dealkylation sites (tertiary alicyclic amines) is 1. The SMILES string of the molecule is COCCCCn1c(C(=O)N(CC(C)C)[C@@H]2CNC[C@H](C(=O)N3CCC3)C2)nc2cc(F)ccc21. The largest absolute Gasteiger partial charge is 0.385 e. The summed E-state index contributed by atoms with van der Waals surface area (Å²) in [4.78, 5) is 35.3. The second-order valence-electron chi connectivity index (χ2n) is 10.2. The van der Waals surface area contributed by atoms with Crippen LogP contribution in [0.1, 0.15) is 50.1 Å². The number of methoxy groups -OCH3 is 1. The fraction of sp³-hybridized carbons (Fsp3) is 0.654. The smallest absolute Gasteiger partial charge is 0.290 e. The Hall–Kier alpha value is -2.52. The average Bonchev–Trinajstić information content (AvgIpc) is 3.16. The zero-order valence-electron chi connectivity index (χ0n) is 21.1. The van der Waals surface area contributed by atoms with Crippen LogP contribution in [0.5, 0.6) is 0 Å². The summed E-state index contributed by atoms with van der Waals surface area (Å²) in [6.45, 7) is 8.93. The number of ether oxygens (including phenoxy) is 1. The number of amides is 2. The molecule has 1 aromatic carbocycles. The number of halogens is 1. The van der Waals surface area contributed by atoms with Gasteiger partial charge in [0.1, 0.15) is 5.82 Å². The molecule has 192 valence electrons. The first-order valence-corrected chi connectivity index (χ1v) is 12.8. The van der Waals surface area contributed by atoms with E-state index >= 15 is 0 Å². The number of imidazole rings is 1. The molecule has 8 nitrogen and oxygen atoms in total. The third-order valence-corrected chi connectivity index (χ3v) is 6.99. The minimum absolute atomic E-state index is 0.104. The molecule has 2 amide bonds. The molecule has 1 N–H and O–H groups in total. The minimum Gasteiger partial charge on any atom is -0.385 e. The van der Waals surface area contributed by atoms with Crippen molar-refractivity contribution in [2.24, 2.45) is 11.8 Å². The number of nitrogens with zero attached hydrogens (tertiary/aromatic N) is 4. The monoisotopic (exact) mass is 487 g/mol. The summed E-state index contributed by atoms with van der Waals surface area (Å²) in [5.74, 6) is 0.112. The van der Waals surface area contributed by atoms with Gasteiger partial charge in [-0.05, 0) is 43.7 Å². The third kappa shape index (κ3) is 5.83. The average molecular weight is 488 g/mol. The predicted molar refractivity (Wildman–Crippen MR) is 133 cm³/mol. The van der Waals surface area contributed by atoms with Crippen LogP contribution < -0.4 is 5.32 Å². The van der Waals surface area contributed by atoms with Crippen LogP contribution in [0.15, 0.2) is 18.2 Å². The lowest BCUT2D eigenvalue weighted by molar-refractivity contribution is -0.140. The van der Waals surface area contributed by atoms with Gasteiger partial charge in [0.2, 0.25) is 5.91 Å². The Labute approximate surface area is 206 Å². The molecule has 35 heavy (non-hydrogen) atoms. The Morgan fingerprint density at radius 2 is 2.06 bits per heavy atom. The van der Waals surface area contributed by atoms with E-state index in [1.807, 2.05) is 14.4 Å². The van der Waals surface area contributed by atoms with Crippen LogP contribution in [0.4, 0.5) is 4.39 Å². The molecular weight excluding hydrogens is 449 g/mol. The molecule has 2 aromatic rings. The Bertz CT molecular complexity index is 1040. The van der Waals surface area contributed by atoms with Crippen molar-refractivity contribution in [3.63, 3.8) is 0 Å². The highest BCUT2D eigenvalue weighted by atomic mass is 19.1. The minimum atomic E-state index is -0.372. The van der Waals surface area contributed by atoms with Gasteiger partial charge in [-0.1, -0.05) is 13.8 Å². The Kier molecular flexibility index (Phi) is 8.38. The quantitative estimate of drug-likeness (QED) is 0.522. The number of aromatic nitrogens is 2. The number of hydrogen-bond acceptors (Lipinski definition) is 5. The fourth-order valence-corrected chi connectivity index (χ4v) is 5.07. The van der Waals surface area contributed by atoms with Crippen molar-refractivity contribution in [2.75, 3.05) is 46.4 Å². The van der Waals surface area contributed by atoms with Crippen LogP contribution in [0.25, 0.3) is 11.0 Å². The van der Waals surface area contributed by atoms with Crippen molar-refractivity contribution in [3.8, 4) is 0 Å². The lowest BCUT2D eigenvalue weighted by Crippen LogP contribution is -2.56. The first-order chi connectivity index (χ1) is 16.9. The van der Waals surface area contributed by atoms with Gasteiger partial charge in [-0.25, -0.2) is 9.37 Å². The number of aryl methyl sites for hydroxylation is 1. The Balaban J connectivity index is 1.61. The normalized spacial score (nSPS) is 20.3. The van der Waals surface area contributed by atoms with Crippen LogP contribution in [0, 0.1) is 17.7 Å². The molecule has 2 aliphatic heterocycles. The van der Waals surface area contributed by atoms with Gasteiger partial charge < -0.3 is 24.4 Å². The molecule has 0 unspecified atom stereocenters. The molecule has 2 saturated heterocycles. The van der Waals surface area contributed by atoms with E-state index in [4.69, 9.17) is 4.74 Å². The molecule has 2 fully saturated rings. The van der Waals surface area contributed by atoms with Crippen molar-refractivity contribution in [1.29, 1.82) is 0 Å². The lowest BCUT2D eigenvalue weighted by Gasteiger charge is -2.41. The molecule has 1 aromatic heterocycles. The molecule has 0 saturated carbocycles. The van der Waals surface area contributed by atoms with Crippen LogP contribution >= 0.6 is 0 Å². The van der Waals surface area contributed by atoms with Gasteiger partial charge in [0.15, 0.2) is 5.82 Å². The van der Waals surface area contributed by atoms with Crippen LogP contribution in [-0.4, -0.2) is 83.6 Å². The maximum Gasteiger partial charge on any atom is 0.290 e. The summed E-state index contributed by atoms with van der Waals surface area (Å²) >= 11 is 0. The van der Waals surface area contributed by atoms with Gasteiger partial charge in [0.25, 0.3) is 5.91 Å². The van der Waals surface area contributed by atoms with E-state index in [9.17, 15) is 14.0 Å². The summed E-state index contributed by atoms with van der Waals surface area (Å²) in [5, 5.41) is 3.39. The number of benzene rings is 1. The van der Waals surface area contributed by atoms with E-state index in [1.165, 1.54) is 12.1 Å². The summed E-state index contributed by atoms with van der Waals surface area (Å²) in [5.41, 5.74) is 1.24. The van der Waals surface area contributed by atoms with Crippen LogP contribution in [-0.2, 0) is 16.1 Å². The molecule has 4 rings (SSSR count). The van der Waals surface area contributed by atoms with E-state index in [0.29, 0.717) is 50.5 Å². The van der Waals surface area contributed by atoms with Crippen molar-refractivity contribution >= 4 is 22.8 Å². The first-order valence-electron chi connectivity index (χ1n) is 12.8. The van der Waals surface area contributed by atoms with E-state index in [0.717, 1.165) is 37.9 Å². The molecule has 0 radical (unpaired) electrons. The highest BCUT2D eigenvalue weighted by molar-refractivity contribution is 5.95. The summed E-state index contributed by atoms with van der Waals surface area (Å²) in [6.07, 6.45) is 3.38. The number of fused-ring (bicyclic) bond motifs is 1. The lowest BCUT2D eigenvalue weighted by atomic mass is 9.92. The van der Waals surface area contributed by atoms with Crippen molar-refractivity contribution in [3.05, 3.63) is 29.8 Å². The van der Waals surface area contributed by atoms with Crippen LogP contribution in [0.2, 0.25) is 0 Å². The molecule has 9 heteroatoms. The number of unbranched alkanes of at least 4 members (excludes halogenated alkanes) is 1. The standard InChI is InChI=1S/C26H38FN5O3/c1-18(2)17-32(21-13-19(15-28-16-21)25(33)30-9-6-10-30)26(34)24-29-22-14-20(27)7-8-23(22)31(24)11-4-5-12-35-3/h7-8,14,18-19,21,28H,4-6,9-13,15-17H2,1-3H3/t19-,21+/m1/s1. The fourth-order valence-electron chi connectivity index (χ4n) is 5.07. The van der Waals surface area contributed by atoms with E-state index < -0.39 is 0 Å². The number of rotatable bonds is 10. The second kappa shape index (κ2) is 11.5. The number of carbonyl (C=O) groups excluding carboxylic acids is 2.